The first-order chi connectivity index (χ1) is 15.0. The van der Waals surface area contributed by atoms with Crippen LogP contribution in [0.2, 0.25) is 0 Å². The van der Waals surface area contributed by atoms with Crippen LogP contribution in [-0.2, 0) is 0 Å². The highest BCUT2D eigenvalue weighted by Crippen LogP contribution is 2.31. The smallest absolute Gasteiger partial charge is 0.257 e. The van der Waals surface area contributed by atoms with E-state index in [1.165, 1.54) is 11.3 Å². The van der Waals surface area contributed by atoms with Crippen LogP contribution >= 0.6 is 23.6 Å². The second-order valence-electron chi connectivity index (χ2n) is 6.68. The normalized spacial score (nSPS) is 10.8. The number of nitrogens with one attached hydrogen (secondary N) is 2. The molecule has 0 bridgehead atoms. The van der Waals surface area contributed by atoms with Gasteiger partial charge in [-0.1, -0.05) is 30.4 Å². The summed E-state index contributed by atoms with van der Waals surface area (Å²) in [6, 6.07) is 14.6. The first-order valence-electron chi connectivity index (χ1n) is 9.68. The third-order valence-electron chi connectivity index (χ3n) is 4.37. The van der Waals surface area contributed by atoms with Crippen LogP contribution in [-0.4, -0.2) is 37.4 Å². The minimum Gasteiger partial charge on any atom is -0.494 e. The van der Waals surface area contributed by atoms with Gasteiger partial charge in [0.05, 0.1) is 12.3 Å². The molecule has 0 atom stereocenters. The number of hydrogen-bond donors (Lipinski definition) is 2. The second kappa shape index (κ2) is 9.19. The van der Waals surface area contributed by atoms with Crippen LogP contribution in [0.25, 0.3) is 15.5 Å². The highest BCUT2D eigenvalue weighted by Gasteiger charge is 2.15. The first-order valence-corrected chi connectivity index (χ1v) is 10.9. The van der Waals surface area contributed by atoms with Gasteiger partial charge in [0.15, 0.2) is 10.9 Å². The lowest BCUT2D eigenvalue weighted by atomic mass is 10.2. The van der Waals surface area contributed by atoms with Gasteiger partial charge in [-0.3, -0.25) is 10.1 Å². The van der Waals surface area contributed by atoms with Crippen molar-refractivity contribution in [2.45, 2.75) is 20.3 Å². The third-order valence-corrected chi connectivity index (χ3v) is 5.51. The number of aryl methyl sites for hydroxylation is 1. The number of ether oxygens (including phenoxy) is 1. The van der Waals surface area contributed by atoms with Gasteiger partial charge in [-0.15, -0.1) is 10.2 Å². The molecule has 2 aromatic heterocycles. The number of anilines is 1. The molecule has 2 aromatic carbocycles. The molecule has 4 aromatic rings. The Morgan fingerprint density at radius 1 is 1.16 bits per heavy atom. The Morgan fingerprint density at radius 2 is 1.94 bits per heavy atom. The Kier molecular flexibility index (Phi) is 6.19. The van der Waals surface area contributed by atoms with Crippen LogP contribution in [0, 0.1) is 6.92 Å². The maximum atomic E-state index is 12.5. The summed E-state index contributed by atoms with van der Waals surface area (Å²) < 4.78 is 7.24. The Hall–Kier alpha value is -3.37. The highest BCUT2D eigenvalue weighted by atomic mass is 32.1. The number of nitrogens with zero attached hydrogens (tertiary/aromatic N) is 4. The van der Waals surface area contributed by atoms with E-state index in [9.17, 15) is 4.79 Å². The molecule has 158 valence electrons. The number of fused-ring (bicyclic) bond motifs is 1. The van der Waals surface area contributed by atoms with Crippen molar-refractivity contribution in [1.82, 2.24) is 25.1 Å². The zero-order chi connectivity index (χ0) is 21.8. The molecule has 8 nitrogen and oxygen atoms in total. The monoisotopic (exact) mass is 452 g/mol. The number of para-hydroxylation sites is 1. The molecule has 2 heterocycles. The molecule has 0 spiro atoms. The lowest BCUT2D eigenvalue weighted by molar-refractivity contribution is 0.0977. The third kappa shape index (κ3) is 4.70. The summed E-state index contributed by atoms with van der Waals surface area (Å²) in [5.74, 6) is 1.15. The molecule has 4 rings (SSSR count). The van der Waals surface area contributed by atoms with Crippen LogP contribution in [0.15, 0.2) is 48.5 Å². The van der Waals surface area contributed by atoms with Crippen molar-refractivity contribution in [1.29, 1.82) is 0 Å². The van der Waals surface area contributed by atoms with Crippen molar-refractivity contribution in [2.24, 2.45) is 0 Å². The van der Waals surface area contributed by atoms with Crippen LogP contribution in [0.1, 0.15) is 29.5 Å². The number of hydrogen-bond acceptors (Lipinski definition) is 7. The van der Waals surface area contributed by atoms with Gasteiger partial charge in [0.25, 0.3) is 5.91 Å². The number of aromatic nitrogens is 4. The number of benzene rings is 2. The molecule has 0 unspecified atom stereocenters. The fourth-order valence-electron chi connectivity index (χ4n) is 2.85. The van der Waals surface area contributed by atoms with Crippen molar-refractivity contribution in [3.05, 3.63) is 59.9 Å². The van der Waals surface area contributed by atoms with E-state index in [2.05, 4.69) is 25.9 Å². The Bertz CT molecular complexity index is 1230. The van der Waals surface area contributed by atoms with Gasteiger partial charge in [-0.05, 0) is 62.0 Å². The molecule has 0 fully saturated rings. The van der Waals surface area contributed by atoms with Crippen LogP contribution in [0.5, 0.6) is 5.75 Å². The fourth-order valence-corrected chi connectivity index (χ4v) is 3.98. The van der Waals surface area contributed by atoms with Gasteiger partial charge in [0.2, 0.25) is 4.96 Å². The van der Waals surface area contributed by atoms with E-state index in [1.807, 2.05) is 38.1 Å². The number of thiocarbonyl (C=S) groups is 1. The summed E-state index contributed by atoms with van der Waals surface area (Å²) in [6.07, 6.45) is 0.925. The molecule has 10 heteroatoms. The second-order valence-corrected chi connectivity index (χ2v) is 8.04. The predicted molar refractivity (Wildman–Crippen MR) is 125 cm³/mol. The van der Waals surface area contributed by atoms with Gasteiger partial charge in [-0.25, -0.2) is 0 Å². The lowest BCUT2D eigenvalue weighted by Crippen LogP contribution is -2.34. The molecule has 31 heavy (non-hydrogen) atoms. The summed E-state index contributed by atoms with van der Waals surface area (Å²) in [5, 5.41) is 19.5. The van der Waals surface area contributed by atoms with Gasteiger partial charge in [0.1, 0.15) is 10.8 Å². The lowest BCUT2D eigenvalue weighted by Gasteiger charge is -2.12. The van der Waals surface area contributed by atoms with Crippen molar-refractivity contribution in [3.63, 3.8) is 0 Å². The first kappa shape index (κ1) is 20.9. The minimum absolute atomic E-state index is 0.197. The highest BCUT2D eigenvalue weighted by molar-refractivity contribution is 7.80. The van der Waals surface area contributed by atoms with Crippen molar-refractivity contribution in [3.8, 4) is 16.3 Å². The summed E-state index contributed by atoms with van der Waals surface area (Å²) in [5.41, 5.74) is 2.08. The Morgan fingerprint density at radius 3 is 2.68 bits per heavy atom. The molecule has 0 saturated heterocycles. The molecular formula is C21H20N6O2S2. The molecule has 1 amide bonds. The van der Waals surface area contributed by atoms with E-state index < -0.39 is 0 Å². The molecule has 2 N–H and O–H groups in total. The maximum Gasteiger partial charge on any atom is 0.257 e. The summed E-state index contributed by atoms with van der Waals surface area (Å²) >= 11 is 6.79. The minimum atomic E-state index is -0.300. The zero-order valence-corrected chi connectivity index (χ0v) is 18.6. The molecular weight excluding hydrogens is 432 g/mol. The van der Waals surface area contributed by atoms with E-state index in [-0.39, 0.29) is 11.0 Å². The number of carbonyl (C=O) groups excluding carboxylic acids is 1. The van der Waals surface area contributed by atoms with E-state index >= 15 is 0 Å². The van der Waals surface area contributed by atoms with Crippen LogP contribution < -0.4 is 15.4 Å². The fraction of sp³-hybridized carbons (Fsp3) is 0.190. The Labute approximate surface area is 188 Å². The molecule has 0 aliphatic heterocycles. The van der Waals surface area contributed by atoms with Crippen molar-refractivity contribution in [2.75, 3.05) is 11.9 Å². The topological polar surface area (TPSA) is 93.4 Å². The molecule has 0 aliphatic rings. The van der Waals surface area contributed by atoms with Crippen LogP contribution in [0.3, 0.4) is 0 Å². The average Bonchev–Trinajstić information content (AvgIpc) is 3.35. The SMILES string of the molecule is CCCOc1ccc(C(=O)NC(=S)Nc2ccccc2-c2nn3c(C)nnc3s2)cc1. The van der Waals surface area contributed by atoms with Crippen molar-refractivity contribution < 1.29 is 9.53 Å². The molecule has 0 radical (unpaired) electrons. The molecule has 0 saturated carbocycles. The van der Waals surface area contributed by atoms with E-state index in [0.29, 0.717) is 17.1 Å². The van der Waals surface area contributed by atoms with E-state index in [4.69, 9.17) is 17.0 Å². The molecule has 0 aliphatic carbocycles. The van der Waals surface area contributed by atoms with E-state index in [1.54, 1.807) is 28.8 Å². The number of rotatable bonds is 6. The number of amides is 1. The zero-order valence-electron chi connectivity index (χ0n) is 17.0. The van der Waals surface area contributed by atoms with Crippen LogP contribution in [0.4, 0.5) is 5.69 Å². The summed E-state index contributed by atoms with van der Waals surface area (Å²) in [7, 11) is 0. The summed E-state index contributed by atoms with van der Waals surface area (Å²) in [6.45, 7) is 4.53. The quantitative estimate of drug-likeness (QED) is 0.426. The van der Waals surface area contributed by atoms with Gasteiger partial charge >= 0.3 is 0 Å². The summed E-state index contributed by atoms with van der Waals surface area (Å²) in [4.78, 5) is 13.3. The maximum absolute atomic E-state index is 12.5. The average molecular weight is 453 g/mol. The van der Waals surface area contributed by atoms with Crippen molar-refractivity contribution >= 4 is 45.2 Å². The number of carbonyl (C=O) groups is 1. The van der Waals surface area contributed by atoms with E-state index in [0.717, 1.165) is 34.3 Å². The van der Waals surface area contributed by atoms with Gasteiger partial charge < -0.3 is 10.1 Å². The largest absolute Gasteiger partial charge is 0.494 e. The van der Waals surface area contributed by atoms with Gasteiger partial charge in [-0.2, -0.15) is 9.61 Å². The Balaban J connectivity index is 1.46. The van der Waals surface area contributed by atoms with Gasteiger partial charge in [0, 0.05) is 11.1 Å². The standard InChI is InChI=1S/C21H20N6O2S2/c1-3-12-29-15-10-8-14(9-11-15)18(28)23-20(30)22-17-7-5-4-6-16(17)19-26-27-13(2)24-25-21(27)31-19/h4-11H,3,12H2,1-2H3,(H2,22,23,28,30). The predicted octanol–water partition coefficient (Wildman–Crippen LogP) is 4.08.